The van der Waals surface area contributed by atoms with Crippen LogP contribution in [0.2, 0.25) is 0 Å². The summed E-state index contributed by atoms with van der Waals surface area (Å²) in [5.74, 6) is -2.09. The average molecular weight is 1020 g/mol. The molecule has 11 heteroatoms. The zero-order valence-corrected chi connectivity index (χ0v) is 43.4. The van der Waals surface area contributed by atoms with Gasteiger partial charge in [-0.1, -0.05) is 196 Å². The Balaban J connectivity index is 0.000000230. The molecule has 0 aliphatic heterocycles. The van der Waals surface area contributed by atoms with E-state index in [1.807, 2.05) is 146 Å². The Morgan fingerprint density at radius 1 is 0.473 bits per heavy atom. The van der Waals surface area contributed by atoms with Crippen molar-refractivity contribution in [2.24, 2.45) is 22.5 Å². The topological polar surface area (TPSA) is 167 Å². The maximum atomic E-state index is 13.6. The Hall–Kier alpha value is -7.01. The van der Waals surface area contributed by atoms with Crippen LogP contribution >= 0.6 is 12.4 Å². The summed E-state index contributed by atoms with van der Waals surface area (Å²) in [5.41, 5.74) is 13.1. The number of nitrogens with two attached hydrogens (primary N) is 1. The molecule has 6 aromatic rings. The van der Waals surface area contributed by atoms with Crippen LogP contribution in [-0.4, -0.2) is 46.4 Å². The predicted molar refractivity (Wildman–Crippen MR) is 292 cm³/mol. The van der Waals surface area contributed by atoms with Crippen LogP contribution in [0.15, 0.2) is 170 Å². The highest BCUT2D eigenvalue weighted by Gasteiger charge is 2.43. The molecule has 6 aromatic carbocycles. The quantitative estimate of drug-likeness (QED) is 0.0703. The summed E-state index contributed by atoms with van der Waals surface area (Å²) < 4.78 is 11.0. The van der Waals surface area contributed by atoms with Gasteiger partial charge in [0.15, 0.2) is 0 Å². The number of ether oxygens (including phenoxy) is 2. The number of aliphatic carboxylic acids is 1. The first-order valence-electron chi connectivity index (χ1n) is 25.5. The average Bonchev–Trinajstić information content (AvgIpc) is 4.10. The van der Waals surface area contributed by atoms with Crippen molar-refractivity contribution in [2.45, 2.75) is 117 Å². The van der Waals surface area contributed by atoms with Crippen molar-refractivity contribution in [1.82, 2.24) is 0 Å². The highest BCUT2D eigenvalue weighted by molar-refractivity contribution is 5.93. The Morgan fingerprint density at radius 3 is 1.23 bits per heavy atom. The fourth-order valence-electron chi connectivity index (χ4n) is 9.99. The van der Waals surface area contributed by atoms with E-state index >= 15 is 0 Å². The van der Waals surface area contributed by atoms with E-state index in [-0.39, 0.29) is 74.2 Å². The van der Waals surface area contributed by atoms with Crippen LogP contribution in [0.4, 0.5) is 0 Å². The van der Waals surface area contributed by atoms with E-state index in [1.165, 1.54) is 12.5 Å². The number of carboxylic acids is 1. The van der Waals surface area contributed by atoms with Gasteiger partial charge in [-0.2, -0.15) is 0 Å². The van der Waals surface area contributed by atoms with E-state index in [9.17, 15) is 28.8 Å². The molecule has 2 aliphatic rings. The molecule has 8 rings (SSSR count). The number of Topliss-reactive ketones (excluding diaryl/α,β-unsaturated/α-hetero) is 3. The molecule has 0 saturated heterocycles. The van der Waals surface area contributed by atoms with Gasteiger partial charge in [-0.3, -0.25) is 28.8 Å². The molecule has 2 aliphatic carbocycles. The zero-order chi connectivity index (χ0) is 52.1. The largest absolute Gasteiger partial charge is 0.481 e. The molecule has 10 nitrogen and oxygen atoms in total. The molecule has 0 amide bonds. The summed E-state index contributed by atoms with van der Waals surface area (Å²) in [5, 5.41) is 8.96. The minimum Gasteiger partial charge on any atom is -0.481 e. The van der Waals surface area contributed by atoms with Gasteiger partial charge in [-0.15, -0.1) is 12.4 Å². The number of hydrogen-bond acceptors (Lipinski definition) is 9. The lowest BCUT2D eigenvalue weighted by molar-refractivity contribution is -0.152. The van der Waals surface area contributed by atoms with Crippen LogP contribution in [0.3, 0.4) is 0 Å². The van der Waals surface area contributed by atoms with Crippen molar-refractivity contribution in [3.63, 3.8) is 0 Å². The molecule has 0 spiro atoms. The highest BCUT2D eigenvalue weighted by Crippen LogP contribution is 2.44. The van der Waals surface area contributed by atoms with Crippen molar-refractivity contribution in [1.29, 1.82) is 0 Å². The number of ketones is 3. The summed E-state index contributed by atoms with van der Waals surface area (Å²) in [6, 6.07) is 55.0. The Morgan fingerprint density at radius 2 is 0.824 bits per heavy atom. The first-order chi connectivity index (χ1) is 35.2. The number of carboxylic acid groups (broad SMARTS) is 1. The minimum atomic E-state index is -0.796. The van der Waals surface area contributed by atoms with Crippen LogP contribution in [0.1, 0.15) is 107 Å². The SMILES string of the molecule is CC(=O)CC1(C(=O)C[C@@H](Cc2ccc(-c3ccccc3)cc2)C(=O)OCc2ccccc2)CCCC1.CC(=O)CC1(C(=O)O)CCCC1.Cl.N[C@@H](Cc1ccc(-c2ccccc2)cc1)C(=O)OCc1ccccc1. The van der Waals surface area contributed by atoms with Gasteiger partial charge in [0.1, 0.15) is 36.6 Å². The normalized spacial score (nSPS) is 14.7. The second-order valence-corrected chi connectivity index (χ2v) is 19.7. The fraction of sp³-hybridized carbons (Fsp3) is 0.333. The summed E-state index contributed by atoms with van der Waals surface area (Å²) in [6.07, 6.45) is 8.03. The molecule has 2 fully saturated rings. The Bertz CT molecular complexity index is 2700. The molecule has 3 N–H and O–H groups in total. The first kappa shape index (κ1) is 57.9. The second-order valence-electron chi connectivity index (χ2n) is 19.7. The zero-order valence-electron chi connectivity index (χ0n) is 42.6. The monoisotopic (exact) mass is 1020 g/mol. The van der Waals surface area contributed by atoms with Crippen molar-refractivity contribution in [3.05, 3.63) is 192 Å². The number of benzene rings is 6. The fourth-order valence-corrected chi connectivity index (χ4v) is 9.99. The van der Waals surface area contributed by atoms with E-state index in [4.69, 9.17) is 20.3 Å². The highest BCUT2D eigenvalue weighted by atomic mass is 35.5. The number of carbonyl (C=O) groups excluding carboxylic acids is 5. The van der Waals surface area contributed by atoms with Crippen molar-refractivity contribution < 1.29 is 43.3 Å². The number of halogens is 1. The third kappa shape index (κ3) is 17.6. The van der Waals surface area contributed by atoms with E-state index in [0.717, 1.165) is 77.5 Å². The van der Waals surface area contributed by atoms with Gasteiger partial charge < -0.3 is 20.3 Å². The van der Waals surface area contributed by atoms with Gasteiger partial charge >= 0.3 is 17.9 Å². The number of carbonyl (C=O) groups is 6. The van der Waals surface area contributed by atoms with E-state index in [2.05, 4.69) is 24.3 Å². The third-order valence-electron chi connectivity index (χ3n) is 13.9. The third-order valence-corrected chi connectivity index (χ3v) is 13.9. The van der Waals surface area contributed by atoms with Gasteiger partial charge in [0.25, 0.3) is 0 Å². The van der Waals surface area contributed by atoms with Gasteiger partial charge in [0, 0.05) is 24.7 Å². The molecule has 0 bridgehead atoms. The Kier molecular flexibility index (Phi) is 22.7. The molecule has 74 heavy (non-hydrogen) atoms. The number of esters is 2. The smallest absolute Gasteiger partial charge is 0.323 e. The van der Waals surface area contributed by atoms with Crippen LogP contribution in [0.25, 0.3) is 22.3 Å². The maximum absolute atomic E-state index is 13.6. The lowest BCUT2D eigenvalue weighted by Gasteiger charge is -2.28. The lowest BCUT2D eigenvalue weighted by atomic mass is 9.74. The van der Waals surface area contributed by atoms with Crippen molar-refractivity contribution >= 4 is 47.7 Å². The molecule has 0 aromatic heterocycles. The van der Waals surface area contributed by atoms with Crippen molar-refractivity contribution in [3.8, 4) is 22.3 Å². The van der Waals surface area contributed by atoms with Gasteiger partial charge in [0.2, 0.25) is 0 Å². The van der Waals surface area contributed by atoms with Crippen LogP contribution in [0.5, 0.6) is 0 Å². The summed E-state index contributed by atoms with van der Waals surface area (Å²) in [7, 11) is 0. The lowest BCUT2D eigenvalue weighted by Crippen LogP contribution is -2.34. The van der Waals surface area contributed by atoms with Crippen LogP contribution < -0.4 is 5.73 Å². The molecule has 0 radical (unpaired) electrons. The van der Waals surface area contributed by atoms with Gasteiger partial charge in [-0.05, 0) is 96.9 Å². The Labute approximate surface area is 442 Å². The van der Waals surface area contributed by atoms with Gasteiger partial charge in [0.05, 0.1) is 11.3 Å². The van der Waals surface area contributed by atoms with E-state index < -0.39 is 28.8 Å². The van der Waals surface area contributed by atoms with E-state index in [1.54, 1.807) is 6.92 Å². The molecule has 0 heterocycles. The molecule has 0 unspecified atom stereocenters. The van der Waals surface area contributed by atoms with Gasteiger partial charge in [-0.25, -0.2) is 0 Å². The second kappa shape index (κ2) is 29.0. The molecular weight excluding hydrogens is 950 g/mol. The molecule has 2 atom stereocenters. The van der Waals surface area contributed by atoms with Crippen LogP contribution in [-0.2, 0) is 64.3 Å². The molecule has 2 saturated carbocycles. The van der Waals surface area contributed by atoms with E-state index in [0.29, 0.717) is 25.7 Å². The van der Waals surface area contributed by atoms with Crippen molar-refractivity contribution in [2.75, 3.05) is 0 Å². The summed E-state index contributed by atoms with van der Waals surface area (Å²) >= 11 is 0. The predicted octanol–water partition coefficient (Wildman–Crippen LogP) is 12.8. The summed E-state index contributed by atoms with van der Waals surface area (Å²) in [4.78, 5) is 72.6. The molecular formula is C63H70ClNO9. The first-order valence-corrected chi connectivity index (χ1v) is 25.5. The number of hydrogen-bond donors (Lipinski definition) is 2. The minimum absolute atomic E-state index is 0. The number of rotatable bonds is 20. The standard InChI is InChI=1S/C32H34O4.C22H21NO2.C9H14O3.ClH/c1-24(33)22-32(18-8-9-19-32)30(34)21-29(31(35)36-23-26-10-4-2-5-11-26)20-25-14-16-28(17-15-25)27-12-6-3-7-13-27;23-21(22(24)25-16-18-7-3-1-4-8-18)15-17-11-13-20(14-12-17)19-9-5-2-6-10-19;1-7(10)6-9(8(11)12)4-2-3-5-9;/h2-7,10-17,29H,8-9,18-23H2,1H3;1-14,21H,15-16,23H2;2-6H2,1H3,(H,11,12);1H/t29-;21-;;/m10../s1. The maximum Gasteiger partial charge on any atom is 0.323 e. The summed E-state index contributed by atoms with van der Waals surface area (Å²) in [6.45, 7) is 3.44. The van der Waals surface area contributed by atoms with Crippen LogP contribution in [0, 0.1) is 16.7 Å². The molecule has 388 valence electrons.